The average Bonchev–Trinajstić information content (AvgIpc) is 2.99. The summed E-state index contributed by atoms with van der Waals surface area (Å²) in [6, 6.07) is 18.1. The largest absolute Gasteiger partial charge is 0.497 e. The molecule has 1 saturated heterocycles. The van der Waals surface area contributed by atoms with E-state index in [9.17, 15) is 13.2 Å². The SMILES string of the molecule is COc1cc(OC)cc(C(=O)N2CCN(c3cc(S(=O)(=O)N4CCc5ccccc5C4)ccc3OC)CC2)c1. The van der Waals surface area contributed by atoms with Crippen LogP contribution in [0.25, 0.3) is 0 Å². The first-order valence-electron chi connectivity index (χ1n) is 12.9. The molecule has 2 aliphatic heterocycles. The Hall–Kier alpha value is -3.76. The molecule has 3 aromatic carbocycles. The summed E-state index contributed by atoms with van der Waals surface area (Å²) in [5, 5.41) is 0. The number of ether oxygens (including phenoxy) is 3. The molecule has 0 spiro atoms. The number of methoxy groups -OCH3 is 3. The van der Waals surface area contributed by atoms with E-state index in [0.717, 1.165) is 5.56 Å². The number of hydrogen-bond acceptors (Lipinski definition) is 7. The molecule has 0 saturated carbocycles. The smallest absolute Gasteiger partial charge is 0.254 e. The lowest BCUT2D eigenvalue weighted by atomic mass is 10.0. The van der Waals surface area contributed by atoms with Crippen LogP contribution in [-0.4, -0.2) is 77.6 Å². The van der Waals surface area contributed by atoms with Crippen LogP contribution >= 0.6 is 0 Å². The highest BCUT2D eigenvalue weighted by atomic mass is 32.2. The number of carbonyl (C=O) groups is 1. The topological polar surface area (TPSA) is 88.6 Å². The first-order chi connectivity index (χ1) is 18.8. The number of rotatable bonds is 7. The summed E-state index contributed by atoms with van der Waals surface area (Å²) < 4.78 is 45.0. The molecule has 1 amide bonds. The predicted octanol–water partition coefficient (Wildman–Crippen LogP) is 3.42. The van der Waals surface area contributed by atoms with Crippen LogP contribution in [0.5, 0.6) is 17.2 Å². The third-order valence-corrected chi connectivity index (χ3v) is 9.23. The molecule has 2 heterocycles. The molecule has 39 heavy (non-hydrogen) atoms. The van der Waals surface area contributed by atoms with Gasteiger partial charge in [-0.1, -0.05) is 24.3 Å². The summed E-state index contributed by atoms with van der Waals surface area (Å²) in [6.07, 6.45) is 0.688. The second kappa shape index (κ2) is 11.2. The van der Waals surface area contributed by atoms with Gasteiger partial charge in [0.15, 0.2) is 0 Å². The highest BCUT2D eigenvalue weighted by Crippen LogP contribution is 2.34. The lowest BCUT2D eigenvalue weighted by molar-refractivity contribution is 0.0746. The number of benzene rings is 3. The van der Waals surface area contributed by atoms with Crippen molar-refractivity contribution in [2.45, 2.75) is 17.9 Å². The molecule has 0 aromatic heterocycles. The van der Waals surface area contributed by atoms with Crippen molar-refractivity contribution in [3.63, 3.8) is 0 Å². The molecule has 10 heteroatoms. The van der Waals surface area contributed by atoms with Crippen molar-refractivity contribution in [3.05, 3.63) is 77.4 Å². The maximum Gasteiger partial charge on any atom is 0.254 e. The number of anilines is 1. The molecule has 0 unspecified atom stereocenters. The molecule has 5 rings (SSSR count). The van der Waals surface area contributed by atoms with Gasteiger partial charge in [0.25, 0.3) is 5.91 Å². The number of carbonyl (C=O) groups excluding carboxylic acids is 1. The zero-order valence-corrected chi connectivity index (χ0v) is 23.2. The van der Waals surface area contributed by atoms with Crippen molar-refractivity contribution in [2.75, 3.05) is 59.0 Å². The summed E-state index contributed by atoms with van der Waals surface area (Å²) in [4.78, 5) is 17.3. The van der Waals surface area contributed by atoms with Crippen LogP contribution in [-0.2, 0) is 23.0 Å². The predicted molar refractivity (Wildman–Crippen MR) is 148 cm³/mol. The van der Waals surface area contributed by atoms with E-state index < -0.39 is 10.0 Å². The molecule has 206 valence electrons. The van der Waals surface area contributed by atoms with Gasteiger partial charge in [0.05, 0.1) is 31.9 Å². The van der Waals surface area contributed by atoms with Gasteiger partial charge in [0.1, 0.15) is 17.2 Å². The molecule has 0 N–H and O–H groups in total. The fraction of sp³-hybridized carbons (Fsp3) is 0.345. The first-order valence-corrected chi connectivity index (χ1v) is 14.3. The van der Waals surface area contributed by atoms with E-state index in [-0.39, 0.29) is 10.8 Å². The number of sulfonamides is 1. The van der Waals surface area contributed by atoms with E-state index in [4.69, 9.17) is 14.2 Å². The zero-order chi connectivity index (χ0) is 27.6. The lowest BCUT2D eigenvalue weighted by Crippen LogP contribution is -2.49. The van der Waals surface area contributed by atoms with Crippen molar-refractivity contribution in [3.8, 4) is 17.2 Å². The fourth-order valence-corrected chi connectivity index (χ4v) is 6.60. The van der Waals surface area contributed by atoms with Crippen LogP contribution in [0, 0.1) is 0 Å². The molecular formula is C29H33N3O6S. The Labute approximate surface area is 229 Å². The highest BCUT2D eigenvalue weighted by molar-refractivity contribution is 7.89. The van der Waals surface area contributed by atoms with Gasteiger partial charge in [0, 0.05) is 50.9 Å². The van der Waals surface area contributed by atoms with Gasteiger partial charge in [-0.25, -0.2) is 8.42 Å². The maximum absolute atomic E-state index is 13.6. The second-order valence-electron chi connectivity index (χ2n) is 9.57. The second-order valence-corrected chi connectivity index (χ2v) is 11.5. The summed E-state index contributed by atoms with van der Waals surface area (Å²) in [7, 11) is 0.971. The molecule has 0 radical (unpaired) electrons. The van der Waals surface area contributed by atoms with Crippen LogP contribution in [0.15, 0.2) is 65.6 Å². The number of hydrogen-bond donors (Lipinski definition) is 0. The number of piperazine rings is 1. The molecule has 1 fully saturated rings. The molecular weight excluding hydrogens is 518 g/mol. The monoisotopic (exact) mass is 551 g/mol. The van der Waals surface area contributed by atoms with E-state index in [1.54, 1.807) is 66.9 Å². The van der Waals surface area contributed by atoms with Gasteiger partial charge in [-0.3, -0.25) is 4.79 Å². The van der Waals surface area contributed by atoms with Gasteiger partial charge in [-0.15, -0.1) is 0 Å². The van der Waals surface area contributed by atoms with E-state index in [2.05, 4.69) is 11.0 Å². The zero-order valence-electron chi connectivity index (χ0n) is 22.4. The van der Waals surface area contributed by atoms with Gasteiger partial charge >= 0.3 is 0 Å². The molecule has 0 atom stereocenters. The van der Waals surface area contributed by atoms with Crippen LogP contribution in [0.1, 0.15) is 21.5 Å². The number of amides is 1. The van der Waals surface area contributed by atoms with Crippen molar-refractivity contribution in [1.29, 1.82) is 0 Å². The van der Waals surface area contributed by atoms with Crippen LogP contribution in [0.4, 0.5) is 5.69 Å². The van der Waals surface area contributed by atoms with Gasteiger partial charge in [-0.2, -0.15) is 4.31 Å². The van der Waals surface area contributed by atoms with Gasteiger partial charge in [-0.05, 0) is 47.9 Å². The van der Waals surface area contributed by atoms with Gasteiger partial charge < -0.3 is 24.0 Å². The average molecular weight is 552 g/mol. The Balaban J connectivity index is 1.33. The first kappa shape index (κ1) is 26.8. The van der Waals surface area contributed by atoms with Gasteiger partial charge in [0.2, 0.25) is 10.0 Å². The molecule has 2 aliphatic rings. The quantitative estimate of drug-likeness (QED) is 0.445. The summed E-state index contributed by atoms with van der Waals surface area (Å²) in [5.74, 6) is 1.59. The lowest BCUT2D eigenvalue weighted by Gasteiger charge is -2.37. The number of fused-ring (bicyclic) bond motifs is 1. The minimum atomic E-state index is -3.70. The Morgan fingerprint density at radius 2 is 1.44 bits per heavy atom. The normalized spacial score (nSPS) is 16.0. The Bertz CT molecular complexity index is 1450. The maximum atomic E-state index is 13.6. The molecule has 3 aromatic rings. The third-order valence-electron chi connectivity index (χ3n) is 7.39. The fourth-order valence-electron chi connectivity index (χ4n) is 5.17. The van der Waals surface area contributed by atoms with Crippen LogP contribution in [0.3, 0.4) is 0 Å². The van der Waals surface area contributed by atoms with E-state index in [0.29, 0.717) is 74.2 Å². The molecule has 0 aliphatic carbocycles. The summed E-state index contributed by atoms with van der Waals surface area (Å²) >= 11 is 0. The Morgan fingerprint density at radius 1 is 0.769 bits per heavy atom. The number of nitrogens with zero attached hydrogens (tertiary/aromatic N) is 3. The van der Waals surface area contributed by atoms with E-state index >= 15 is 0 Å². The van der Waals surface area contributed by atoms with Crippen molar-refractivity contribution in [2.24, 2.45) is 0 Å². The van der Waals surface area contributed by atoms with Crippen molar-refractivity contribution >= 4 is 21.6 Å². The molecule has 9 nitrogen and oxygen atoms in total. The summed E-state index contributed by atoms with van der Waals surface area (Å²) in [6.45, 7) is 2.81. The Morgan fingerprint density at radius 3 is 2.08 bits per heavy atom. The van der Waals surface area contributed by atoms with Crippen LogP contribution in [0.2, 0.25) is 0 Å². The third kappa shape index (κ3) is 5.39. The van der Waals surface area contributed by atoms with E-state index in [1.807, 2.05) is 18.2 Å². The van der Waals surface area contributed by atoms with Crippen molar-refractivity contribution < 1.29 is 27.4 Å². The Kier molecular flexibility index (Phi) is 7.67. The minimum Gasteiger partial charge on any atom is -0.497 e. The van der Waals surface area contributed by atoms with E-state index in [1.165, 1.54) is 5.56 Å². The highest BCUT2D eigenvalue weighted by Gasteiger charge is 2.30. The minimum absolute atomic E-state index is 0.111. The standard InChI is InChI=1S/C29H33N3O6S/c1-36-24-16-23(17-25(18-24)37-2)29(33)31-14-12-30(13-15-31)27-19-26(8-9-28(27)38-3)39(34,35)32-11-10-21-6-4-5-7-22(21)20-32/h4-9,16-19H,10-15,20H2,1-3H3. The van der Waals surface area contributed by atoms with Crippen LogP contribution < -0.4 is 19.1 Å². The molecule has 0 bridgehead atoms. The van der Waals surface area contributed by atoms with Crippen molar-refractivity contribution in [1.82, 2.24) is 9.21 Å². The summed E-state index contributed by atoms with van der Waals surface area (Å²) in [5.41, 5.74) is 3.43.